The van der Waals surface area contributed by atoms with Crippen LogP contribution in [0, 0.1) is 6.92 Å². The number of aromatic nitrogens is 2. The van der Waals surface area contributed by atoms with Gasteiger partial charge >= 0.3 is 0 Å². The van der Waals surface area contributed by atoms with Crippen molar-refractivity contribution in [2.24, 2.45) is 0 Å². The van der Waals surface area contributed by atoms with Crippen LogP contribution >= 0.6 is 0 Å². The molecule has 2 aromatic carbocycles. The van der Waals surface area contributed by atoms with Crippen LogP contribution in [-0.2, 0) is 0 Å². The molecular weight excluding hydrogens is 266 g/mol. The molecule has 3 rings (SSSR count). The smallest absolute Gasteiger partial charge is 0.122 e. The van der Waals surface area contributed by atoms with Crippen molar-refractivity contribution in [3.05, 3.63) is 48.3 Å². The Hall–Kier alpha value is -2.69. The molecule has 21 heavy (non-hydrogen) atoms. The van der Waals surface area contributed by atoms with Gasteiger partial charge in [-0.05, 0) is 43.3 Å². The summed E-state index contributed by atoms with van der Waals surface area (Å²) in [6, 6.07) is 13.1. The Morgan fingerprint density at radius 1 is 1.00 bits per heavy atom. The van der Waals surface area contributed by atoms with Crippen LogP contribution in [-0.4, -0.2) is 23.2 Å². The molecule has 0 saturated carbocycles. The third kappa shape index (κ3) is 3.25. The molecule has 5 heteroatoms. The Balaban J connectivity index is 1.53. The number of imidazole rings is 1. The molecule has 0 saturated heterocycles. The molecule has 0 bridgehead atoms. The van der Waals surface area contributed by atoms with E-state index in [1.807, 2.05) is 49.4 Å². The van der Waals surface area contributed by atoms with Gasteiger partial charge in [-0.3, -0.25) is 0 Å². The Kier molecular flexibility index (Phi) is 3.64. The summed E-state index contributed by atoms with van der Waals surface area (Å²) in [7, 11) is 0. The first-order valence-electron chi connectivity index (χ1n) is 6.78. The zero-order valence-corrected chi connectivity index (χ0v) is 11.8. The van der Waals surface area contributed by atoms with Crippen LogP contribution in [0.4, 0.5) is 5.69 Å². The lowest BCUT2D eigenvalue weighted by molar-refractivity contribution is 0.217. The summed E-state index contributed by atoms with van der Waals surface area (Å²) in [5, 5.41) is 0. The monoisotopic (exact) mass is 283 g/mol. The number of aromatic amines is 1. The molecule has 0 aliphatic heterocycles. The number of ether oxygens (including phenoxy) is 2. The second-order valence-corrected chi connectivity index (χ2v) is 4.77. The number of rotatable bonds is 5. The van der Waals surface area contributed by atoms with Crippen molar-refractivity contribution in [1.82, 2.24) is 9.97 Å². The molecule has 0 amide bonds. The zero-order chi connectivity index (χ0) is 14.7. The van der Waals surface area contributed by atoms with Gasteiger partial charge in [0.1, 0.15) is 30.5 Å². The fourth-order valence-electron chi connectivity index (χ4n) is 2.09. The number of fused-ring (bicyclic) bond motifs is 1. The van der Waals surface area contributed by atoms with Gasteiger partial charge in [-0.25, -0.2) is 4.98 Å². The molecular formula is C16H17N3O2. The van der Waals surface area contributed by atoms with Crippen LogP contribution in [0.15, 0.2) is 42.5 Å². The van der Waals surface area contributed by atoms with Gasteiger partial charge in [-0.15, -0.1) is 0 Å². The quantitative estimate of drug-likeness (QED) is 0.558. The van der Waals surface area contributed by atoms with E-state index in [9.17, 15) is 0 Å². The Morgan fingerprint density at radius 3 is 2.43 bits per heavy atom. The van der Waals surface area contributed by atoms with E-state index in [4.69, 9.17) is 15.2 Å². The number of benzene rings is 2. The second kappa shape index (κ2) is 5.75. The fraction of sp³-hybridized carbons (Fsp3) is 0.188. The van der Waals surface area contributed by atoms with E-state index < -0.39 is 0 Å². The maximum Gasteiger partial charge on any atom is 0.122 e. The lowest BCUT2D eigenvalue weighted by Gasteiger charge is -2.08. The third-order valence-electron chi connectivity index (χ3n) is 3.07. The van der Waals surface area contributed by atoms with Crippen molar-refractivity contribution < 1.29 is 9.47 Å². The van der Waals surface area contributed by atoms with E-state index in [-0.39, 0.29) is 0 Å². The van der Waals surface area contributed by atoms with Crippen LogP contribution < -0.4 is 15.2 Å². The number of hydrogen-bond donors (Lipinski definition) is 2. The second-order valence-electron chi connectivity index (χ2n) is 4.77. The average molecular weight is 283 g/mol. The Labute approximate surface area is 122 Å². The van der Waals surface area contributed by atoms with Gasteiger partial charge in [0.25, 0.3) is 0 Å². The van der Waals surface area contributed by atoms with Crippen molar-refractivity contribution in [3.8, 4) is 11.5 Å². The number of nitrogens with zero attached hydrogens (tertiary/aromatic N) is 1. The predicted molar refractivity (Wildman–Crippen MR) is 82.7 cm³/mol. The minimum absolute atomic E-state index is 0.475. The SMILES string of the molecule is Cc1nc2ccc(OCCOc3ccc(N)cc3)cc2[nH]1. The molecule has 0 spiro atoms. The van der Waals surface area contributed by atoms with Gasteiger partial charge in [0.15, 0.2) is 0 Å². The van der Waals surface area contributed by atoms with Crippen LogP contribution in [0.5, 0.6) is 11.5 Å². The van der Waals surface area contributed by atoms with E-state index >= 15 is 0 Å². The van der Waals surface area contributed by atoms with Crippen molar-refractivity contribution in [2.45, 2.75) is 6.92 Å². The lowest BCUT2D eigenvalue weighted by atomic mass is 10.3. The number of anilines is 1. The van der Waals surface area contributed by atoms with Crippen LogP contribution in [0.2, 0.25) is 0 Å². The van der Waals surface area contributed by atoms with E-state index in [1.54, 1.807) is 0 Å². The molecule has 3 aromatic rings. The highest BCUT2D eigenvalue weighted by molar-refractivity contribution is 5.76. The number of nitrogens with two attached hydrogens (primary N) is 1. The minimum atomic E-state index is 0.475. The molecule has 3 N–H and O–H groups in total. The molecule has 5 nitrogen and oxygen atoms in total. The number of nitrogens with one attached hydrogen (secondary N) is 1. The first-order chi connectivity index (χ1) is 10.2. The fourth-order valence-corrected chi connectivity index (χ4v) is 2.09. The Morgan fingerprint density at radius 2 is 1.67 bits per heavy atom. The van der Waals surface area contributed by atoms with Crippen LogP contribution in [0.1, 0.15) is 5.82 Å². The van der Waals surface area contributed by atoms with Crippen molar-refractivity contribution in [3.63, 3.8) is 0 Å². The number of H-pyrrole nitrogens is 1. The van der Waals surface area contributed by atoms with Gasteiger partial charge in [0.05, 0.1) is 11.0 Å². The summed E-state index contributed by atoms with van der Waals surface area (Å²) in [6.07, 6.45) is 0. The van der Waals surface area contributed by atoms with Gasteiger partial charge in [-0.1, -0.05) is 0 Å². The molecule has 0 aliphatic carbocycles. The molecule has 0 fully saturated rings. The van der Waals surface area contributed by atoms with Gasteiger partial charge in [0.2, 0.25) is 0 Å². The number of hydrogen-bond acceptors (Lipinski definition) is 4. The van der Waals surface area contributed by atoms with Crippen molar-refractivity contribution in [1.29, 1.82) is 0 Å². The number of aryl methyl sites for hydroxylation is 1. The largest absolute Gasteiger partial charge is 0.490 e. The summed E-state index contributed by atoms with van der Waals surface area (Å²) in [4.78, 5) is 7.54. The van der Waals surface area contributed by atoms with Gasteiger partial charge in [0, 0.05) is 11.8 Å². The maximum atomic E-state index is 5.67. The van der Waals surface area contributed by atoms with Crippen LogP contribution in [0.3, 0.4) is 0 Å². The zero-order valence-electron chi connectivity index (χ0n) is 11.8. The molecule has 0 atom stereocenters. The number of nitrogen functional groups attached to an aromatic ring is 1. The first kappa shape index (κ1) is 13.3. The molecule has 0 unspecified atom stereocenters. The standard InChI is InChI=1S/C16H17N3O2/c1-11-18-15-7-6-14(10-16(15)19-11)21-9-8-20-13-4-2-12(17)3-5-13/h2-7,10H,8-9,17H2,1H3,(H,18,19). The van der Waals surface area contributed by atoms with E-state index in [0.717, 1.165) is 34.0 Å². The molecule has 0 aliphatic rings. The van der Waals surface area contributed by atoms with Crippen molar-refractivity contribution >= 4 is 16.7 Å². The lowest BCUT2D eigenvalue weighted by Crippen LogP contribution is -2.08. The molecule has 0 radical (unpaired) electrons. The highest BCUT2D eigenvalue weighted by Crippen LogP contribution is 2.19. The highest BCUT2D eigenvalue weighted by Gasteiger charge is 2.01. The molecule has 1 aromatic heterocycles. The summed E-state index contributed by atoms with van der Waals surface area (Å²) < 4.78 is 11.2. The first-order valence-corrected chi connectivity index (χ1v) is 6.78. The third-order valence-corrected chi connectivity index (χ3v) is 3.07. The summed E-state index contributed by atoms with van der Waals surface area (Å²) in [5.74, 6) is 2.48. The summed E-state index contributed by atoms with van der Waals surface area (Å²) in [6.45, 7) is 2.88. The van der Waals surface area contributed by atoms with E-state index in [1.165, 1.54) is 0 Å². The van der Waals surface area contributed by atoms with E-state index in [2.05, 4.69) is 9.97 Å². The Bertz CT molecular complexity index is 735. The van der Waals surface area contributed by atoms with Gasteiger partial charge in [-0.2, -0.15) is 0 Å². The highest BCUT2D eigenvalue weighted by atomic mass is 16.5. The predicted octanol–water partition coefficient (Wildman–Crippen LogP) is 2.91. The minimum Gasteiger partial charge on any atom is -0.490 e. The topological polar surface area (TPSA) is 73.2 Å². The summed E-state index contributed by atoms with van der Waals surface area (Å²) in [5.41, 5.74) is 8.26. The van der Waals surface area contributed by atoms with Gasteiger partial charge < -0.3 is 20.2 Å². The summed E-state index contributed by atoms with van der Waals surface area (Å²) >= 11 is 0. The molecule has 108 valence electrons. The molecule has 1 heterocycles. The maximum absolute atomic E-state index is 5.67. The average Bonchev–Trinajstić information content (AvgIpc) is 2.85. The van der Waals surface area contributed by atoms with Crippen LogP contribution in [0.25, 0.3) is 11.0 Å². The van der Waals surface area contributed by atoms with E-state index in [0.29, 0.717) is 13.2 Å². The van der Waals surface area contributed by atoms with Crippen molar-refractivity contribution in [2.75, 3.05) is 18.9 Å². The normalized spacial score (nSPS) is 10.7.